The molecule has 2 aromatic rings. The second-order valence-corrected chi connectivity index (χ2v) is 5.75. The Balaban J connectivity index is 2.35. The first-order chi connectivity index (χ1) is 10.5. The van der Waals surface area contributed by atoms with Crippen molar-refractivity contribution in [1.82, 2.24) is 0 Å². The summed E-state index contributed by atoms with van der Waals surface area (Å²) in [5.74, 6) is -0.460. The summed E-state index contributed by atoms with van der Waals surface area (Å²) in [6.45, 7) is 6.29. The number of aliphatic carboxylic acids is 1. The van der Waals surface area contributed by atoms with E-state index in [1.54, 1.807) is 6.92 Å². The fourth-order valence-electron chi connectivity index (χ4n) is 2.40. The van der Waals surface area contributed by atoms with Crippen molar-refractivity contribution in [3.63, 3.8) is 0 Å². The maximum absolute atomic E-state index is 11.4. The van der Waals surface area contributed by atoms with Crippen LogP contribution < -0.4 is 4.74 Å². The molecule has 0 saturated heterocycles. The van der Waals surface area contributed by atoms with E-state index in [9.17, 15) is 9.90 Å². The van der Waals surface area contributed by atoms with E-state index >= 15 is 0 Å². The van der Waals surface area contributed by atoms with Gasteiger partial charge in [0.05, 0.1) is 5.92 Å². The van der Waals surface area contributed by atoms with Gasteiger partial charge in [0.2, 0.25) is 0 Å². The Labute approximate surface area is 131 Å². The van der Waals surface area contributed by atoms with Gasteiger partial charge in [0.25, 0.3) is 0 Å². The molecular formula is C19H22O3. The quantitative estimate of drug-likeness (QED) is 0.849. The molecular weight excluding hydrogens is 276 g/mol. The lowest BCUT2D eigenvalue weighted by molar-refractivity contribution is -0.138. The van der Waals surface area contributed by atoms with Gasteiger partial charge in [-0.2, -0.15) is 0 Å². The molecule has 1 atom stereocenters. The molecule has 116 valence electrons. The van der Waals surface area contributed by atoms with E-state index in [1.807, 2.05) is 48.5 Å². The topological polar surface area (TPSA) is 46.5 Å². The van der Waals surface area contributed by atoms with Gasteiger partial charge in [-0.1, -0.05) is 62.4 Å². The number of rotatable bonds is 6. The maximum atomic E-state index is 11.4. The summed E-state index contributed by atoms with van der Waals surface area (Å²) in [7, 11) is 0. The van der Waals surface area contributed by atoms with Crippen LogP contribution in [0, 0.1) is 0 Å². The summed E-state index contributed by atoms with van der Waals surface area (Å²) >= 11 is 0. The monoisotopic (exact) mass is 298 g/mol. The molecule has 1 N–H and O–H groups in total. The third-order valence-electron chi connectivity index (χ3n) is 3.76. The van der Waals surface area contributed by atoms with Crippen molar-refractivity contribution in [3.05, 3.63) is 65.2 Å². The van der Waals surface area contributed by atoms with Crippen LogP contribution in [0.5, 0.6) is 5.75 Å². The first kappa shape index (κ1) is 16.1. The number of carboxylic acids is 1. The molecule has 22 heavy (non-hydrogen) atoms. The zero-order valence-electron chi connectivity index (χ0n) is 13.2. The molecule has 3 heteroatoms. The second kappa shape index (κ2) is 7.12. The predicted molar refractivity (Wildman–Crippen MR) is 87.4 cm³/mol. The summed E-state index contributed by atoms with van der Waals surface area (Å²) in [4.78, 5) is 11.4. The molecule has 0 heterocycles. The smallest absolute Gasteiger partial charge is 0.310 e. The normalized spacial score (nSPS) is 12.2. The first-order valence-corrected chi connectivity index (χ1v) is 7.53. The van der Waals surface area contributed by atoms with Gasteiger partial charge >= 0.3 is 5.97 Å². The Morgan fingerprint density at radius 2 is 1.64 bits per heavy atom. The van der Waals surface area contributed by atoms with Crippen LogP contribution >= 0.6 is 0 Å². The molecule has 0 radical (unpaired) electrons. The van der Waals surface area contributed by atoms with E-state index in [2.05, 4.69) is 13.8 Å². The van der Waals surface area contributed by atoms with E-state index < -0.39 is 11.9 Å². The molecule has 0 bridgehead atoms. The van der Waals surface area contributed by atoms with Crippen LogP contribution in [0.2, 0.25) is 0 Å². The van der Waals surface area contributed by atoms with Crippen LogP contribution in [0.25, 0.3) is 0 Å². The van der Waals surface area contributed by atoms with Gasteiger partial charge in [0.15, 0.2) is 0 Å². The minimum absolute atomic E-state index is 0.270. The molecule has 0 aliphatic rings. The van der Waals surface area contributed by atoms with E-state index in [1.165, 1.54) is 0 Å². The van der Waals surface area contributed by atoms with Crippen LogP contribution in [0.4, 0.5) is 0 Å². The number of hydrogen-bond donors (Lipinski definition) is 1. The van der Waals surface area contributed by atoms with E-state index in [4.69, 9.17) is 4.74 Å². The van der Waals surface area contributed by atoms with Crippen molar-refractivity contribution >= 4 is 5.97 Å². The molecule has 2 aromatic carbocycles. The molecule has 0 aliphatic heterocycles. The van der Waals surface area contributed by atoms with E-state index in [-0.39, 0.29) is 5.92 Å². The Hall–Kier alpha value is -2.29. The summed E-state index contributed by atoms with van der Waals surface area (Å²) in [5, 5.41) is 9.32. The van der Waals surface area contributed by atoms with Crippen molar-refractivity contribution in [2.45, 2.75) is 39.2 Å². The van der Waals surface area contributed by atoms with Gasteiger partial charge in [-0.3, -0.25) is 4.79 Å². The van der Waals surface area contributed by atoms with Gasteiger partial charge in [-0.25, -0.2) is 0 Å². The largest absolute Gasteiger partial charge is 0.488 e. The van der Waals surface area contributed by atoms with Crippen LogP contribution in [-0.2, 0) is 11.4 Å². The average Bonchev–Trinajstić information content (AvgIpc) is 2.52. The van der Waals surface area contributed by atoms with Crippen LogP contribution in [0.15, 0.2) is 48.5 Å². The number of benzene rings is 2. The lowest BCUT2D eigenvalue weighted by Gasteiger charge is -2.20. The predicted octanol–water partition coefficient (Wildman–Crippen LogP) is 4.58. The highest BCUT2D eigenvalue weighted by atomic mass is 16.5. The fraction of sp³-hybridized carbons (Fsp3) is 0.316. The Bertz CT molecular complexity index is 632. The number of para-hydroxylation sites is 1. The summed E-state index contributed by atoms with van der Waals surface area (Å²) in [5.41, 5.74) is 2.84. The Kier molecular flexibility index (Phi) is 5.21. The third-order valence-corrected chi connectivity index (χ3v) is 3.76. The lowest BCUT2D eigenvalue weighted by atomic mass is 9.93. The van der Waals surface area contributed by atoms with Crippen molar-refractivity contribution in [2.75, 3.05) is 0 Å². The fourth-order valence-corrected chi connectivity index (χ4v) is 2.40. The third kappa shape index (κ3) is 3.67. The first-order valence-electron chi connectivity index (χ1n) is 7.53. The molecule has 0 spiro atoms. The van der Waals surface area contributed by atoms with Gasteiger partial charge in [0, 0.05) is 5.56 Å². The van der Waals surface area contributed by atoms with Crippen molar-refractivity contribution in [2.24, 2.45) is 0 Å². The highest BCUT2D eigenvalue weighted by molar-refractivity contribution is 5.77. The average molecular weight is 298 g/mol. The van der Waals surface area contributed by atoms with Gasteiger partial charge in [-0.05, 0) is 24.0 Å². The van der Waals surface area contributed by atoms with Gasteiger partial charge in [-0.15, -0.1) is 0 Å². The molecule has 0 amide bonds. The maximum Gasteiger partial charge on any atom is 0.310 e. The van der Waals surface area contributed by atoms with Crippen LogP contribution in [0.3, 0.4) is 0 Å². The lowest BCUT2D eigenvalue weighted by Crippen LogP contribution is -2.11. The van der Waals surface area contributed by atoms with Gasteiger partial charge < -0.3 is 9.84 Å². The number of carbonyl (C=O) groups is 1. The SMILES string of the molecule is CC(C)c1cccc([C@@H](C)C(=O)O)c1OCc1ccccc1. The molecule has 0 aromatic heterocycles. The minimum Gasteiger partial charge on any atom is -0.488 e. The van der Waals surface area contributed by atoms with E-state index in [0.29, 0.717) is 12.4 Å². The highest BCUT2D eigenvalue weighted by Crippen LogP contribution is 2.35. The van der Waals surface area contributed by atoms with Crippen LogP contribution in [-0.4, -0.2) is 11.1 Å². The number of carboxylic acid groups (broad SMARTS) is 1. The summed E-state index contributed by atoms with van der Waals surface area (Å²) in [6, 6.07) is 15.6. The van der Waals surface area contributed by atoms with Crippen molar-refractivity contribution < 1.29 is 14.6 Å². The molecule has 0 fully saturated rings. The molecule has 3 nitrogen and oxygen atoms in total. The standard InChI is InChI=1S/C19H22O3/c1-13(2)16-10-7-11-17(14(3)19(20)21)18(16)22-12-15-8-5-4-6-9-15/h4-11,13-14H,12H2,1-3H3,(H,20,21)/t14-/m1/s1. The highest BCUT2D eigenvalue weighted by Gasteiger charge is 2.21. The Morgan fingerprint density at radius 1 is 1.00 bits per heavy atom. The molecule has 2 rings (SSSR count). The van der Waals surface area contributed by atoms with Crippen LogP contribution in [0.1, 0.15) is 49.3 Å². The zero-order chi connectivity index (χ0) is 16.1. The number of hydrogen-bond acceptors (Lipinski definition) is 2. The number of ether oxygens (including phenoxy) is 1. The van der Waals surface area contributed by atoms with Crippen molar-refractivity contribution in [3.8, 4) is 5.75 Å². The minimum atomic E-state index is -0.842. The second-order valence-electron chi connectivity index (χ2n) is 5.75. The summed E-state index contributed by atoms with van der Waals surface area (Å²) < 4.78 is 6.02. The molecule has 0 unspecified atom stereocenters. The summed E-state index contributed by atoms with van der Waals surface area (Å²) in [6.07, 6.45) is 0. The van der Waals surface area contributed by atoms with Crippen molar-refractivity contribution in [1.29, 1.82) is 0 Å². The van der Waals surface area contributed by atoms with E-state index in [0.717, 1.165) is 16.7 Å². The Morgan fingerprint density at radius 3 is 2.23 bits per heavy atom. The zero-order valence-corrected chi connectivity index (χ0v) is 13.2. The molecule has 0 saturated carbocycles. The van der Waals surface area contributed by atoms with Gasteiger partial charge in [0.1, 0.15) is 12.4 Å². The molecule has 0 aliphatic carbocycles.